The fourth-order valence-corrected chi connectivity index (χ4v) is 4.23. The van der Waals surface area contributed by atoms with Gasteiger partial charge in [-0.1, -0.05) is 103 Å². The maximum atomic E-state index is 13.6. The highest BCUT2D eigenvalue weighted by molar-refractivity contribution is 6.35. The molecule has 0 saturated heterocycles. The van der Waals surface area contributed by atoms with Crippen molar-refractivity contribution in [3.63, 3.8) is 0 Å². The van der Waals surface area contributed by atoms with Crippen molar-refractivity contribution >= 4 is 35.0 Å². The maximum absolute atomic E-state index is 13.6. The van der Waals surface area contributed by atoms with E-state index in [0.717, 1.165) is 29.5 Å². The first kappa shape index (κ1) is 25.8. The van der Waals surface area contributed by atoms with Crippen LogP contribution in [0.4, 0.5) is 0 Å². The van der Waals surface area contributed by atoms with E-state index >= 15 is 0 Å². The van der Waals surface area contributed by atoms with E-state index in [1.54, 1.807) is 17.0 Å². The summed E-state index contributed by atoms with van der Waals surface area (Å²) in [7, 11) is 0. The first-order chi connectivity index (χ1) is 16.5. The molecule has 0 saturated carbocycles. The molecule has 0 fully saturated rings. The lowest BCUT2D eigenvalue weighted by molar-refractivity contribution is -0.140. The molecule has 178 valence electrons. The van der Waals surface area contributed by atoms with Crippen LogP contribution in [0, 0.1) is 0 Å². The van der Waals surface area contributed by atoms with E-state index in [0.29, 0.717) is 23.0 Å². The Morgan fingerprint density at radius 2 is 1.56 bits per heavy atom. The zero-order valence-electron chi connectivity index (χ0n) is 19.3. The Balaban J connectivity index is 1.95. The summed E-state index contributed by atoms with van der Waals surface area (Å²) in [5, 5.41) is 4.02. The van der Waals surface area contributed by atoms with E-state index in [4.69, 9.17) is 23.2 Å². The average Bonchev–Trinajstić information content (AvgIpc) is 2.84. The molecule has 4 nitrogen and oxygen atoms in total. The summed E-state index contributed by atoms with van der Waals surface area (Å²) < 4.78 is 0. The number of hydrogen-bond donors (Lipinski definition) is 1. The van der Waals surface area contributed by atoms with Crippen molar-refractivity contribution < 1.29 is 9.59 Å². The van der Waals surface area contributed by atoms with Gasteiger partial charge in [-0.25, -0.2) is 0 Å². The van der Waals surface area contributed by atoms with Crippen LogP contribution in [0.1, 0.15) is 36.5 Å². The van der Waals surface area contributed by atoms with Crippen molar-refractivity contribution in [1.29, 1.82) is 0 Å². The number of hydrogen-bond acceptors (Lipinski definition) is 2. The fourth-order valence-electron chi connectivity index (χ4n) is 3.77. The lowest BCUT2D eigenvalue weighted by Crippen LogP contribution is -2.51. The summed E-state index contributed by atoms with van der Waals surface area (Å²) in [6, 6.07) is 23.8. The molecule has 1 atom stereocenters. The zero-order valence-corrected chi connectivity index (χ0v) is 20.9. The number of nitrogens with zero attached hydrogens (tertiary/aromatic N) is 1. The van der Waals surface area contributed by atoms with E-state index in [-0.39, 0.29) is 24.8 Å². The van der Waals surface area contributed by atoms with Gasteiger partial charge in [-0.2, -0.15) is 0 Å². The summed E-state index contributed by atoms with van der Waals surface area (Å²) in [5.74, 6) is -0.299. The predicted molar refractivity (Wildman–Crippen MR) is 139 cm³/mol. The number of amides is 2. The van der Waals surface area contributed by atoms with Crippen molar-refractivity contribution in [2.24, 2.45) is 0 Å². The quantitative estimate of drug-likeness (QED) is 0.326. The Labute approximate surface area is 211 Å². The summed E-state index contributed by atoms with van der Waals surface area (Å²) in [5.41, 5.74) is 2.62. The lowest BCUT2D eigenvalue weighted by Gasteiger charge is -2.32. The van der Waals surface area contributed by atoms with Crippen molar-refractivity contribution in [2.45, 2.75) is 45.2 Å². The summed E-state index contributed by atoms with van der Waals surface area (Å²) in [4.78, 5) is 28.7. The highest BCUT2D eigenvalue weighted by Gasteiger charge is 2.30. The molecule has 1 unspecified atom stereocenters. The third kappa shape index (κ3) is 7.61. The SMILES string of the molecule is CCCCNC(=O)C(Cc1ccccc1)N(Cc1ccc(Cl)cc1Cl)C(=O)Cc1ccccc1. The predicted octanol–water partition coefficient (Wildman–Crippen LogP) is 6.09. The number of unbranched alkanes of at least 4 members (excludes halogenated alkanes) is 1. The molecular formula is C28H30Cl2N2O2. The van der Waals surface area contributed by atoms with Crippen LogP contribution in [-0.4, -0.2) is 29.3 Å². The van der Waals surface area contributed by atoms with Gasteiger partial charge in [0.15, 0.2) is 0 Å². The van der Waals surface area contributed by atoms with Crippen LogP contribution in [0.15, 0.2) is 78.9 Å². The molecule has 3 aromatic carbocycles. The third-order valence-corrected chi connectivity index (χ3v) is 6.24. The minimum atomic E-state index is -0.679. The number of halogens is 2. The van der Waals surface area contributed by atoms with Crippen LogP contribution in [-0.2, 0) is 29.0 Å². The molecule has 0 aliphatic heterocycles. The van der Waals surface area contributed by atoms with Gasteiger partial charge >= 0.3 is 0 Å². The van der Waals surface area contributed by atoms with Crippen molar-refractivity contribution in [3.8, 4) is 0 Å². The topological polar surface area (TPSA) is 49.4 Å². The van der Waals surface area contributed by atoms with Gasteiger partial charge in [0.1, 0.15) is 6.04 Å². The first-order valence-electron chi connectivity index (χ1n) is 11.6. The molecule has 0 spiro atoms. The minimum Gasteiger partial charge on any atom is -0.354 e. The number of carbonyl (C=O) groups excluding carboxylic acids is 2. The van der Waals surface area contributed by atoms with Gasteiger partial charge in [0, 0.05) is 29.6 Å². The fraction of sp³-hybridized carbons (Fsp3) is 0.286. The smallest absolute Gasteiger partial charge is 0.243 e. The lowest BCUT2D eigenvalue weighted by atomic mass is 10.0. The minimum absolute atomic E-state index is 0.135. The van der Waals surface area contributed by atoms with E-state index in [1.807, 2.05) is 66.7 Å². The van der Waals surface area contributed by atoms with Crippen LogP contribution < -0.4 is 5.32 Å². The van der Waals surface area contributed by atoms with E-state index < -0.39 is 6.04 Å². The van der Waals surface area contributed by atoms with Crippen LogP contribution in [0.3, 0.4) is 0 Å². The second-order valence-corrected chi connectivity index (χ2v) is 9.11. The molecule has 6 heteroatoms. The second-order valence-electron chi connectivity index (χ2n) is 8.27. The van der Waals surface area contributed by atoms with Gasteiger partial charge in [-0.3, -0.25) is 9.59 Å². The molecular weight excluding hydrogens is 467 g/mol. The standard InChI is InChI=1S/C28H30Cl2N2O2/c1-2-3-16-31-28(34)26(17-21-10-6-4-7-11-21)32(20-23-14-15-24(29)19-25(23)30)27(33)18-22-12-8-5-9-13-22/h4-15,19,26H,2-3,16-18,20H2,1H3,(H,31,34). The van der Waals surface area contributed by atoms with Gasteiger partial charge in [0.2, 0.25) is 11.8 Å². The summed E-state index contributed by atoms with van der Waals surface area (Å²) >= 11 is 12.5. The van der Waals surface area contributed by atoms with Crippen LogP contribution in [0.2, 0.25) is 10.0 Å². The molecule has 1 N–H and O–H groups in total. The van der Waals surface area contributed by atoms with Crippen molar-refractivity contribution in [1.82, 2.24) is 10.2 Å². The molecule has 34 heavy (non-hydrogen) atoms. The molecule has 3 aromatic rings. The van der Waals surface area contributed by atoms with Crippen molar-refractivity contribution in [3.05, 3.63) is 106 Å². The van der Waals surface area contributed by atoms with E-state index in [9.17, 15) is 9.59 Å². The van der Waals surface area contributed by atoms with E-state index in [1.165, 1.54) is 0 Å². The normalized spacial score (nSPS) is 11.6. The van der Waals surface area contributed by atoms with Gasteiger partial charge in [-0.05, 0) is 35.2 Å². The number of carbonyl (C=O) groups is 2. The Morgan fingerprint density at radius 1 is 0.912 bits per heavy atom. The summed E-state index contributed by atoms with van der Waals surface area (Å²) in [6.45, 7) is 2.86. The highest BCUT2D eigenvalue weighted by atomic mass is 35.5. The molecule has 3 rings (SSSR count). The van der Waals surface area contributed by atoms with Gasteiger partial charge in [0.05, 0.1) is 6.42 Å². The van der Waals surface area contributed by atoms with Gasteiger partial charge < -0.3 is 10.2 Å². The Bertz CT molecular complexity index is 1070. The van der Waals surface area contributed by atoms with Crippen LogP contribution >= 0.6 is 23.2 Å². The van der Waals surface area contributed by atoms with Gasteiger partial charge in [-0.15, -0.1) is 0 Å². The first-order valence-corrected chi connectivity index (χ1v) is 12.3. The monoisotopic (exact) mass is 496 g/mol. The highest BCUT2D eigenvalue weighted by Crippen LogP contribution is 2.24. The van der Waals surface area contributed by atoms with Crippen LogP contribution in [0.5, 0.6) is 0 Å². The zero-order chi connectivity index (χ0) is 24.3. The average molecular weight is 497 g/mol. The second kappa shape index (κ2) is 13.2. The Kier molecular flexibility index (Phi) is 9.99. The van der Waals surface area contributed by atoms with Crippen LogP contribution in [0.25, 0.3) is 0 Å². The Morgan fingerprint density at radius 3 is 2.18 bits per heavy atom. The number of nitrogens with one attached hydrogen (secondary N) is 1. The Hall–Kier alpha value is -2.82. The molecule has 0 aliphatic carbocycles. The van der Waals surface area contributed by atoms with E-state index in [2.05, 4.69) is 12.2 Å². The van der Waals surface area contributed by atoms with Crippen molar-refractivity contribution in [2.75, 3.05) is 6.54 Å². The molecule has 0 aromatic heterocycles. The summed E-state index contributed by atoms with van der Waals surface area (Å²) in [6.07, 6.45) is 2.45. The third-order valence-electron chi connectivity index (χ3n) is 5.65. The van der Waals surface area contributed by atoms with Gasteiger partial charge in [0.25, 0.3) is 0 Å². The molecule has 0 heterocycles. The number of rotatable bonds is 11. The molecule has 2 amide bonds. The number of benzene rings is 3. The maximum Gasteiger partial charge on any atom is 0.243 e. The largest absolute Gasteiger partial charge is 0.354 e. The molecule has 0 bridgehead atoms. The molecule has 0 radical (unpaired) electrons. The molecule has 0 aliphatic rings.